The first-order valence-electron chi connectivity index (χ1n) is 10.1. The van der Waals surface area contributed by atoms with Gasteiger partial charge in [0.25, 0.3) is 0 Å². The Hall–Kier alpha value is -3.43. The van der Waals surface area contributed by atoms with Crippen LogP contribution in [0.1, 0.15) is 11.4 Å². The topological polar surface area (TPSA) is 89.2 Å². The van der Waals surface area contributed by atoms with E-state index in [1.165, 1.54) is 6.07 Å². The highest BCUT2D eigenvalue weighted by Crippen LogP contribution is 2.25. The molecule has 1 fully saturated rings. The molecular weight excluding hydrogens is 399 g/mol. The molecule has 0 spiro atoms. The Morgan fingerprint density at radius 3 is 2.58 bits per heavy atom. The molecular formula is C22H21FN6O2. The highest BCUT2D eigenvalue weighted by Gasteiger charge is 2.20. The summed E-state index contributed by atoms with van der Waals surface area (Å²) in [5.74, 6) is 1.65. The lowest BCUT2D eigenvalue weighted by Crippen LogP contribution is -2.37. The molecule has 0 aliphatic carbocycles. The van der Waals surface area contributed by atoms with Gasteiger partial charge < -0.3 is 14.7 Å². The number of benzene rings is 2. The van der Waals surface area contributed by atoms with Crippen LogP contribution in [0, 0.1) is 12.7 Å². The summed E-state index contributed by atoms with van der Waals surface area (Å²) in [6, 6.07) is 12.3. The number of imidazole rings is 1. The van der Waals surface area contributed by atoms with Crippen molar-refractivity contribution in [2.75, 3.05) is 31.2 Å². The quantitative estimate of drug-likeness (QED) is 0.543. The maximum atomic E-state index is 13.9. The molecule has 9 heteroatoms. The zero-order valence-electron chi connectivity index (χ0n) is 17.0. The second kappa shape index (κ2) is 8.01. The summed E-state index contributed by atoms with van der Waals surface area (Å²) in [4.78, 5) is 20.8. The minimum Gasteiger partial charge on any atom is -0.392 e. The molecule has 5 rings (SSSR count). The van der Waals surface area contributed by atoms with Crippen molar-refractivity contribution >= 4 is 17.0 Å². The van der Waals surface area contributed by atoms with E-state index in [4.69, 9.17) is 14.7 Å². The van der Waals surface area contributed by atoms with Gasteiger partial charge in [0, 0.05) is 24.2 Å². The number of halogens is 1. The highest BCUT2D eigenvalue weighted by atomic mass is 19.1. The lowest BCUT2D eigenvalue weighted by atomic mass is 10.1. The van der Waals surface area contributed by atoms with Crippen LogP contribution >= 0.6 is 0 Å². The number of ether oxygens (including phenoxy) is 1. The molecule has 0 atom stereocenters. The number of aliphatic hydroxyl groups excluding tert-OH is 1. The van der Waals surface area contributed by atoms with Gasteiger partial charge in [0.05, 0.1) is 30.9 Å². The minimum atomic E-state index is -0.467. The van der Waals surface area contributed by atoms with Gasteiger partial charge in [-0.05, 0) is 37.3 Å². The van der Waals surface area contributed by atoms with E-state index in [1.807, 2.05) is 40.7 Å². The van der Waals surface area contributed by atoms with E-state index in [-0.39, 0.29) is 5.56 Å². The molecule has 0 bridgehead atoms. The Labute approximate surface area is 178 Å². The molecule has 1 N–H and O–H groups in total. The van der Waals surface area contributed by atoms with Crippen LogP contribution in [0.4, 0.5) is 10.3 Å². The Kier molecular flexibility index (Phi) is 5.05. The smallest absolute Gasteiger partial charge is 0.241 e. The van der Waals surface area contributed by atoms with Gasteiger partial charge in [-0.15, -0.1) is 0 Å². The zero-order chi connectivity index (χ0) is 21.4. The lowest BCUT2D eigenvalue weighted by molar-refractivity contribution is 0.122. The fraction of sp³-hybridized carbons (Fsp3) is 0.273. The second-order valence-corrected chi connectivity index (χ2v) is 7.31. The molecule has 0 amide bonds. The number of aromatic nitrogens is 5. The molecule has 0 radical (unpaired) electrons. The van der Waals surface area contributed by atoms with Crippen LogP contribution < -0.4 is 4.90 Å². The number of fused-ring (bicyclic) bond motifs is 1. The number of hydrogen-bond donors (Lipinski definition) is 1. The van der Waals surface area contributed by atoms with Gasteiger partial charge in [0.1, 0.15) is 11.6 Å². The summed E-state index contributed by atoms with van der Waals surface area (Å²) in [7, 11) is 0. The van der Waals surface area contributed by atoms with Gasteiger partial charge >= 0.3 is 0 Å². The van der Waals surface area contributed by atoms with E-state index >= 15 is 0 Å². The zero-order valence-corrected chi connectivity index (χ0v) is 17.0. The Morgan fingerprint density at radius 1 is 1.00 bits per heavy atom. The number of morpholine rings is 1. The number of anilines is 1. The van der Waals surface area contributed by atoms with Crippen molar-refractivity contribution < 1.29 is 14.2 Å². The Bertz CT molecular complexity index is 1250. The van der Waals surface area contributed by atoms with Crippen molar-refractivity contribution in [1.29, 1.82) is 0 Å². The average molecular weight is 420 g/mol. The number of para-hydroxylation sites is 2. The fourth-order valence-electron chi connectivity index (χ4n) is 3.72. The predicted molar refractivity (Wildman–Crippen MR) is 114 cm³/mol. The average Bonchev–Trinajstić information content (AvgIpc) is 3.15. The molecule has 1 saturated heterocycles. The second-order valence-electron chi connectivity index (χ2n) is 7.31. The van der Waals surface area contributed by atoms with Crippen LogP contribution in [0.2, 0.25) is 0 Å². The van der Waals surface area contributed by atoms with E-state index < -0.39 is 12.4 Å². The van der Waals surface area contributed by atoms with E-state index in [0.717, 1.165) is 16.9 Å². The van der Waals surface area contributed by atoms with Crippen molar-refractivity contribution in [3.63, 3.8) is 0 Å². The third-order valence-electron chi connectivity index (χ3n) is 5.31. The molecule has 158 valence electrons. The first-order chi connectivity index (χ1) is 15.1. The first kappa shape index (κ1) is 19.5. The Morgan fingerprint density at radius 2 is 1.77 bits per heavy atom. The molecule has 0 unspecified atom stereocenters. The molecule has 31 heavy (non-hydrogen) atoms. The molecule has 4 aromatic rings. The molecule has 1 aliphatic heterocycles. The van der Waals surface area contributed by atoms with Crippen LogP contribution in [0.5, 0.6) is 0 Å². The lowest BCUT2D eigenvalue weighted by Gasteiger charge is -2.27. The molecule has 8 nitrogen and oxygen atoms in total. The number of hydrogen-bond acceptors (Lipinski definition) is 7. The van der Waals surface area contributed by atoms with Gasteiger partial charge in [-0.2, -0.15) is 15.0 Å². The molecule has 1 aliphatic rings. The van der Waals surface area contributed by atoms with Gasteiger partial charge in [0.15, 0.2) is 5.82 Å². The Balaban J connectivity index is 1.71. The summed E-state index contributed by atoms with van der Waals surface area (Å²) in [5.41, 5.74) is 2.53. The predicted octanol–water partition coefficient (Wildman–Crippen LogP) is 2.65. The van der Waals surface area contributed by atoms with Gasteiger partial charge in [-0.3, -0.25) is 4.57 Å². The van der Waals surface area contributed by atoms with Crippen molar-refractivity contribution in [3.05, 3.63) is 59.7 Å². The fourth-order valence-corrected chi connectivity index (χ4v) is 3.72. The molecule has 2 aromatic heterocycles. The summed E-state index contributed by atoms with van der Waals surface area (Å²) >= 11 is 0. The maximum Gasteiger partial charge on any atom is 0.241 e. The summed E-state index contributed by atoms with van der Waals surface area (Å²) in [5, 5.41) is 9.48. The highest BCUT2D eigenvalue weighted by molar-refractivity contribution is 5.77. The monoisotopic (exact) mass is 420 g/mol. The number of aryl methyl sites for hydroxylation is 1. The van der Waals surface area contributed by atoms with E-state index in [1.54, 1.807) is 12.1 Å². The number of aliphatic hydroxyl groups is 1. The van der Waals surface area contributed by atoms with Crippen LogP contribution in [0.15, 0.2) is 42.5 Å². The van der Waals surface area contributed by atoms with Crippen molar-refractivity contribution in [2.45, 2.75) is 13.5 Å². The van der Waals surface area contributed by atoms with Crippen molar-refractivity contribution in [3.8, 4) is 17.3 Å². The van der Waals surface area contributed by atoms with Gasteiger partial charge in [-0.25, -0.2) is 9.37 Å². The van der Waals surface area contributed by atoms with E-state index in [2.05, 4.69) is 9.97 Å². The third kappa shape index (κ3) is 3.62. The third-order valence-corrected chi connectivity index (χ3v) is 5.31. The number of rotatable bonds is 4. The first-order valence-corrected chi connectivity index (χ1v) is 10.1. The molecule has 3 heterocycles. The summed E-state index contributed by atoms with van der Waals surface area (Å²) in [6.45, 7) is 4.01. The van der Waals surface area contributed by atoms with Crippen LogP contribution in [-0.2, 0) is 11.3 Å². The van der Waals surface area contributed by atoms with E-state index in [0.29, 0.717) is 49.6 Å². The summed E-state index contributed by atoms with van der Waals surface area (Å²) < 4.78 is 21.3. The van der Waals surface area contributed by atoms with Gasteiger partial charge in [0.2, 0.25) is 11.9 Å². The van der Waals surface area contributed by atoms with Crippen molar-refractivity contribution in [2.24, 2.45) is 0 Å². The maximum absolute atomic E-state index is 13.9. The minimum absolute atomic E-state index is 0.191. The van der Waals surface area contributed by atoms with Crippen LogP contribution in [-0.4, -0.2) is 55.9 Å². The van der Waals surface area contributed by atoms with E-state index in [9.17, 15) is 9.50 Å². The largest absolute Gasteiger partial charge is 0.392 e. The van der Waals surface area contributed by atoms with Crippen molar-refractivity contribution in [1.82, 2.24) is 24.5 Å². The van der Waals surface area contributed by atoms with Crippen LogP contribution in [0.25, 0.3) is 28.4 Å². The number of nitrogens with zero attached hydrogens (tertiary/aromatic N) is 6. The summed E-state index contributed by atoms with van der Waals surface area (Å²) in [6.07, 6.45) is 0. The molecule has 0 saturated carbocycles. The molecule has 2 aromatic carbocycles. The standard InChI is InChI=1S/C22H21FN6O2/c1-14-24-18-4-2-3-5-19(18)29(14)22-26-20(15-6-7-17(23)16(12-15)13-30)25-21(27-22)28-8-10-31-11-9-28/h2-7,12,30H,8-11,13H2,1H3. The van der Waals surface area contributed by atoms with Crippen LogP contribution in [0.3, 0.4) is 0 Å². The van der Waals surface area contributed by atoms with Gasteiger partial charge in [-0.1, -0.05) is 12.1 Å². The SMILES string of the molecule is Cc1nc2ccccc2n1-c1nc(-c2ccc(F)c(CO)c2)nc(N2CCOCC2)n1. The normalized spacial score (nSPS) is 14.4.